The van der Waals surface area contributed by atoms with Gasteiger partial charge in [-0.2, -0.15) is 0 Å². The van der Waals surface area contributed by atoms with Gasteiger partial charge in [0, 0.05) is 25.0 Å². The van der Waals surface area contributed by atoms with E-state index in [9.17, 15) is 8.42 Å². The predicted octanol–water partition coefficient (Wildman–Crippen LogP) is 1.72. The Labute approximate surface area is 125 Å². The molecule has 2 aromatic heterocycles. The first kappa shape index (κ1) is 15.2. The molecule has 108 valence electrons. The normalized spacial score (nSPS) is 11.8. The molecule has 0 saturated heterocycles. The number of pyridine rings is 1. The van der Waals surface area contributed by atoms with Gasteiger partial charge in [0.1, 0.15) is 17.3 Å². The highest BCUT2D eigenvalue weighted by atomic mass is 79.9. The lowest BCUT2D eigenvalue weighted by Crippen LogP contribution is -2.23. The Kier molecular flexibility index (Phi) is 4.59. The summed E-state index contributed by atoms with van der Waals surface area (Å²) < 4.78 is 31.9. The Bertz CT molecular complexity index is 712. The first-order chi connectivity index (χ1) is 9.44. The van der Waals surface area contributed by atoms with E-state index in [0.717, 1.165) is 11.1 Å². The van der Waals surface area contributed by atoms with Crippen LogP contribution in [0.15, 0.2) is 38.5 Å². The van der Waals surface area contributed by atoms with Gasteiger partial charge in [-0.05, 0) is 40.0 Å². The van der Waals surface area contributed by atoms with E-state index in [-0.39, 0.29) is 28.5 Å². The Morgan fingerprint density at radius 2 is 2.25 bits per heavy atom. The van der Waals surface area contributed by atoms with Crippen LogP contribution in [0, 0.1) is 6.92 Å². The van der Waals surface area contributed by atoms with Gasteiger partial charge in [0.25, 0.3) is 0 Å². The molecule has 20 heavy (non-hydrogen) atoms. The third-order valence-electron chi connectivity index (χ3n) is 2.75. The van der Waals surface area contributed by atoms with E-state index in [1.165, 1.54) is 6.07 Å². The first-order valence-corrected chi connectivity index (χ1v) is 8.00. The summed E-state index contributed by atoms with van der Waals surface area (Å²) in [6.07, 6.45) is 3.26. The van der Waals surface area contributed by atoms with Crippen molar-refractivity contribution in [3.05, 3.63) is 46.1 Å². The summed E-state index contributed by atoms with van der Waals surface area (Å²) in [6, 6.07) is 3.09. The molecular weight excluding hydrogens is 348 g/mol. The molecule has 8 heteroatoms. The average molecular weight is 361 g/mol. The van der Waals surface area contributed by atoms with Gasteiger partial charge < -0.3 is 9.52 Å². The van der Waals surface area contributed by atoms with E-state index in [0.29, 0.717) is 0 Å². The van der Waals surface area contributed by atoms with Crippen molar-refractivity contribution in [1.29, 1.82) is 0 Å². The number of rotatable bonds is 5. The maximum atomic E-state index is 12.2. The van der Waals surface area contributed by atoms with Crippen LogP contribution >= 0.6 is 15.9 Å². The number of nitrogens with one attached hydrogen (secondary N) is 1. The maximum absolute atomic E-state index is 12.2. The summed E-state index contributed by atoms with van der Waals surface area (Å²) in [7, 11) is -3.72. The van der Waals surface area contributed by atoms with Gasteiger partial charge in [-0.3, -0.25) is 4.98 Å². The molecule has 6 nitrogen and oxygen atoms in total. The minimum Gasteiger partial charge on any atom is -0.450 e. The standard InChI is InChI=1S/C12H13BrN2O4S/c1-8-2-3-14-5-9(8)6-15-20(17,18)11-4-10(7-16)19-12(11)13/h2-5,15-16H,6-7H2,1H3. The molecule has 0 unspecified atom stereocenters. The number of nitrogens with zero attached hydrogens (tertiary/aromatic N) is 1. The molecule has 0 aliphatic carbocycles. The van der Waals surface area contributed by atoms with Crippen LogP contribution in [0.2, 0.25) is 0 Å². The second-order valence-electron chi connectivity index (χ2n) is 4.14. The lowest BCUT2D eigenvalue weighted by molar-refractivity contribution is 0.245. The minimum absolute atomic E-state index is 0.0388. The van der Waals surface area contributed by atoms with E-state index >= 15 is 0 Å². The zero-order valence-electron chi connectivity index (χ0n) is 10.6. The van der Waals surface area contributed by atoms with Crippen molar-refractivity contribution in [2.75, 3.05) is 0 Å². The minimum atomic E-state index is -3.72. The van der Waals surface area contributed by atoms with Crippen LogP contribution in [0.1, 0.15) is 16.9 Å². The molecule has 0 aliphatic rings. The molecule has 0 aromatic carbocycles. The van der Waals surface area contributed by atoms with Gasteiger partial charge in [-0.15, -0.1) is 0 Å². The number of aryl methyl sites for hydroxylation is 1. The third kappa shape index (κ3) is 3.26. The van der Waals surface area contributed by atoms with Crippen LogP contribution < -0.4 is 4.72 Å². The van der Waals surface area contributed by atoms with Crippen molar-refractivity contribution in [1.82, 2.24) is 9.71 Å². The molecule has 0 aliphatic heterocycles. The van der Waals surface area contributed by atoms with Crippen LogP contribution in [0.3, 0.4) is 0 Å². The zero-order valence-corrected chi connectivity index (χ0v) is 13.0. The van der Waals surface area contributed by atoms with Gasteiger partial charge in [0.2, 0.25) is 10.0 Å². The third-order valence-corrected chi connectivity index (χ3v) is 5.01. The Morgan fingerprint density at radius 1 is 1.50 bits per heavy atom. The number of sulfonamides is 1. The number of hydrogen-bond donors (Lipinski definition) is 2. The highest BCUT2D eigenvalue weighted by molar-refractivity contribution is 9.10. The summed E-state index contributed by atoms with van der Waals surface area (Å²) >= 11 is 3.03. The van der Waals surface area contributed by atoms with Gasteiger partial charge in [-0.25, -0.2) is 13.1 Å². The molecule has 0 bridgehead atoms. The number of aliphatic hydroxyl groups excluding tert-OH is 1. The van der Waals surface area contributed by atoms with Gasteiger partial charge in [-0.1, -0.05) is 0 Å². The summed E-state index contributed by atoms with van der Waals surface area (Å²) in [5, 5.41) is 8.95. The molecule has 0 atom stereocenters. The highest BCUT2D eigenvalue weighted by Gasteiger charge is 2.22. The molecule has 0 spiro atoms. The van der Waals surface area contributed by atoms with Crippen molar-refractivity contribution in [3.8, 4) is 0 Å². The van der Waals surface area contributed by atoms with Gasteiger partial charge in [0.05, 0.1) is 0 Å². The number of aliphatic hydroxyl groups is 1. The van der Waals surface area contributed by atoms with Crippen molar-refractivity contribution in [2.45, 2.75) is 25.0 Å². The number of hydrogen-bond acceptors (Lipinski definition) is 5. The summed E-state index contributed by atoms with van der Waals surface area (Å²) in [5.41, 5.74) is 1.74. The average Bonchev–Trinajstić information content (AvgIpc) is 2.80. The Balaban J connectivity index is 2.19. The van der Waals surface area contributed by atoms with Crippen molar-refractivity contribution >= 4 is 26.0 Å². The molecule has 0 radical (unpaired) electrons. The van der Waals surface area contributed by atoms with Crippen LogP contribution in [0.25, 0.3) is 0 Å². The largest absolute Gasteiger partial charge is 0.450 e. The van der Waals surface area contributed by atoms with Crippen LogP contribution in [0.4, 0.5) is 0 Å². The molecule has 2 N–H and O–H groups in total. The lowest BCUT2D eigenvalue weighted by Gasteiger charge is -2.07. The number of aromatic nitrogens is 1. The molecule has 0 saturated carbocycles. The molecule has 0 amide bonds. The molecule has 2 rings (SSSR count). The number of furan rings is 1. The maximum Gasteiger partial charge on any atom is 0.245 e. The van der Waals surface area contributed by atoms with Gasteiger partial charge in [0.15, 0.2) is 4.67 Å². The molecule has 0 fully saturated rings. The number of halogens is 1. The predicted molar refractivity (Wildman–Crippen MR) is 75.3 cm³/mol. The van der Waals surface area contributed by atoms with Gasteiger partial charge >= 0.3 is 0 Å². The fourth-order valence-corrected chi connectivity index (χ4v) is 3.59. The van der Waals surface area contributed by atoms with Crippen molar-refractivity contribution in [2.24, 2.45) is 0 Å². The SMILES string of the molecule is Cc1ccncc1CNS(=O)(=O)c1cc(CO)oc1Br. The van der Waals surface area contributed by atoms with Crippen LogP contribution in [-0.4, -0.2) is 18.5 Å². The fraction of sp³-hybridized carbons (Fsp3) is 0.250. The second-order valence-corrected chi connectivity index (χ2v) is 6.59. The topological polar surface area (TPSA) is 92.4 Å². The summed E-state index contributed by atoms with van der Waals surface area (Å²) in [5.74, 6) is 0.176. The lowest BCUT2D eigenvalue weighted by atomic mass is 10.2. The smallest absolute Gasteiger partial charge is 0.245 e. The monoisotopic (exact) mass is 360 g/mol. The fourth-order valence-electron chi connectivity index (χ4n) is 1.59. The summed E-state index contributed by atoms with van der Waals surface area (Å²) in [4.78, 5) is 3.92. The van der Waals surface area contributed by atoms with E-state index in [2.05, 4.69) is 25.6 Å². The van der Waals surface area contributed by atoms with E-state index in [1.807, 2.05) is 6.92 Å². The first-order valence-electron chi connectivity index (χ1n) is 5.72. The highest BCUT2D eigenvalue weighted by Crippen LogP contribution is 2.26. The molecule has 2 heterocycles. The van der Waals surface area contributed by atoms with Crippen molar-refractivity contribution in [3.63, 3.8) is 0 Å². The summed E-state index contributed by atoms with van der Waals surface area (Å²) in [6.45, 7) is 1.65. The molecule has 2 aromatic rings. The van der Waals surface area contributed by atoms with E-state index in [4.69, 9.17) is 9.52 Å². The Morgan fingerprint density at radius 3 is 2.85 bits per heavy atom. The Hall–Kier alpha value is -1.22. The van der Waals surface area contributed by atoms with Crippen LogP contribution in [0.5, 0.6) is 0 Å². The van der Waals surface area contributed by atoms with E-state index < -0.39 is 10.0 Å². The quantitative estimate of drug-likeness (QED) is 0.846. The second kappa shape index (κ2) is 6.04. The molecular formula is C12H13BrN2O4S. The van der Waals surface area contributed by atoms with Crippen molar-refractivity contribution < 1.29 is 17.9 Å². The van der Waals surface area contributed by atoms with Crippen LogP contribution in [-0.2, 0) is 23.2 Å². The van der Waals surface area contributed by atoms with E-state index in [1.54, 1.807) is 18.5 Å². The zero-order chi connectivity index (χ0) is 14.8.